The van der Waals surface area contributed by atoms with Gasteiger partial charge in [-0.05, 0) is 77.6 Å². The van der Waals surface area contributed by atoms with Crippen LogP contribution in [0.15, 0.2) is 34.9 Å². The van der Waals surface area contributed by atoms with E-state index in [1.54, 1.807) is 0 Å². The molecule has 2 rings (SSSR count). The van der Waals surface area contributed by atoms with E-state index in [4.69, 9.17) is 0 Å². The molecule has 106 valence electrons. The Morgan fingerprint density at radius 1 is 1.15 bits per heavy atom. The molecule has 0 saturated heterocycles. The highest BCUT2D eigenvalue weighted by atomic mass is 79.9. The summed E-state index contributed by atoms with van der Waals surface area (Å²) >= 11 is 3.62. The summed E-state index contributed by atoms with van der Waals surface area (Å²) in [5, 5.41) is 3.55. The molecule has 1 unspecified atom stereocenters. The van der Waals surface area contributed by atoms with Gasteiger partial charge >= 0.3 is 0 Å². The van der Waals surface area contributed by atoms with Crippen LogP contribution in [-0.4, -0.2) is 11.5 Å². The third-order valence-corrected chi connectivity index (χ3v) is 4.33. The number of hydrogen-bond acceptors (Lipinski definition) is 2. The van der Waals surface area contributed by atoms with Crippen molar-refractivity contribution >= 4 is 15.9 Å². The second-order valence-corrected chi connectivity index (χ2v) is 6.01. The quantitative estimate of drug-likeness (QED) is 0.893. The molecule has 1 atom stereocenters. The monoisotopic (exact) mass is 332 g/mol. The summed E-state index contributed by atoms with van der Waals surface area (Å²) < 4.78 is 1.04. The molecule has 1 aromatic heterocycles. The fraction of sp³-hybridized carbons (Fsp3) is 0.353. The van der Waals surface area contributed by atoms with E-state index in [0.29, 0.717) is 0 Å². The molecule has 0 aliphatic carbocycles. The van der Waals surface area contributed by atoms with Gasteiger partial charge in [-0.15, -0.1) is 0 Å². The summed E-state index contributed by atoms with van der Waals surface area (Å²) in [5.41, 5.74) is 6.30. The number of halogens is 1. The minimum atomic E-state index is 0.120. The first-order valence-corrected chi connectivity index (χ1v) is 7.75. The van der Waals surface area contributed by atoms with Crippen molar-refractivity contribution in [3.05, 3.63) is 62.9 Å². The van der Waals surface area contributed by atoms with Gasteiger partial charge in [0.1, 0.15) is 0 Å². The van der Waals surface area contributed by atoms with E-state index >= 15 is 0 Å². The molecule has 0 spiro atoms. The van der Waals surface area contributed by atoms with Crippen LogP contribution in [0.2, 0.25) is 0 Å². The number of rotatable bonds is 4. The maximum Gasteiger partial charge on any atom is 0.0765 e. The molecule has 0 radical (unpaired) electrons. The fourth-order valence-electron chi connectivity index (χ4n) is 2.46. The van der Waals surface area contributed by atoms with Crippen LogP contribution in [-0.2, 0) is 0 Å². The van der Waals surface area contributed by atoms with Gasteiger partial charge in [-0.1, -0.05) is 19.1 Å². The number of nitrogens with zero attached hydrogens (tertiary/aromatic N) is 1. The Morgan fingerprint density at radius 2 is 1.85 bits per heavy atom. The second-order valence-electron chi connectivity index (χ2n) is 5.15. The first-order chi connectivity index (χ1) is 9.54. The van der Waals surface area contributed by atoms with Crippen molar-refractivity contribution in [2.45, 2.75) is 33.7 Å². The van der Waals surface area contributed by atoms with Crippen LogP contribution in [0, 0.1) is 20.8 Å². The van der Waals surface area contributed by atoms with Gasteiger partial charge in [-0.2, -0.15) is 0 Å². The molecule has 0 fully saturated rings. The molecule has 20 heavy (non-hydrogen) atoms. The Hall–Kier alpha value is -1.19. The molecular weight excluding hydrogens is 312 g/mol. The van der Waals surface area contributed by atoms with Gasteiger partial charge in [-0.25, -0.2) is 0 Å². The summed E-state index contributed by atoms with van der Waals surface area (Å²) in [7, 11) is 0. The van der Waals surface area contributed by atoms with Crippen molar-refractivity contribution in [1.29, 1.82) is 0 Å². The molecule has 1 heterocycles. The molecular formula is C17H21BrN2. The predicted octanol–water partition coefficient (Wildman–Crippen LogP) is 4.47. The summed E-state index contributed by atoms with van der Waals surface area (Å²) in [6.45, 7) is 9.52. The standard InChI is InChI=1S/C17H21BrN2/c1-5-19-16(17-15(18)7-6-8-20-17)14-10-12(3)11(2)9-13(14)4/h6-10,16,19H,5H2,1-4H3. The zero-order valence-electron chi connectivity index (χ0n) is 12.5. The third-order valence-electron chi connectivity index (χ3n) is 3.66. The number of aromatic nitrogens is 1. The van der Waals surface area contributed by atoms with Gasteiger partial charge in [0.25, 0.3) is 0 Å². The first kappa shape index (κ1) is 15.2. The first-order valence-electron chi connectivity index (χ1n) is 6.96. The zero-order valence-corrected chi connectivity index (χ0v) is 14.1. The normalized spacial score (nSPS) is 12.4. The number of hydrogen-bond donors (Lipinski definition) is 1. The van der Waals surface area contributed by atoms with E-state index in [1.807, 2.05) is 18.3 Å². The SMILES string of the molecule is CCNC(c1cc(C)c(C)cc1C)c1ncccc1Br. The lowest BCUT2D eigenvalue weighted by Crippen LogP contribution is -2.24. The number of benzene rings is 1. The third kappa shape index (κ3) is 3.10. The highest BCUT2D eigenvalue weighted by Crippen LogP contribution is 2.30. The highest BCUT2D eigenvalue weighted by Gasteiger charge is 2.19. The molecule has 2 aromatic rings. The maximum absolute atomic E-state index is 4.56. The minimum absolute atomic E-state index is 0.120. The zero-order chi connectivity index (χ0) is 14.7. The smallest absolute Gasteiger partial charge is 0.0765 e. The minimum Gasteiger partial charge on any atom is -0.305 e. The number of aryl methyl sites for hydroxylation is 3. The van der Waals surface area contributed by atoms with E-state index < -0.39 is 0 Å². The van der Waals surface area contributed by atoms with Crippen LogP contribution in [0.25, 0.3) is 0 Å². The van der Waals surface area contributed by atoms with E-state index in [-0.39, 0.29) is 6.04 Å². The van der Waals surface area contributed by atoms with E-state index in [9.17, 15) is 0 Å². The molecule has 3 heteroatoms. The van der Waals surface area contributed by atoms with Crippen molar-refractivity contribution in [2.75, 3.05) is 6.54 Å². The Balaban J connectivity index is 2.54. The topological polar surface area (TPSA) is 24.9 Å². The average molecular weight is 333 g/mol. The summed E-state index contributed by atoms with van der Waals surface area (Å²) in [6, 6.07) is 8.65. The van der Waals surface area contributed by atoms with Gasteiger partial charge in [0, 0.05) is 10.7 Å². The molecule has 2 nitrogen and oxygen atoms in total. The highest BCUT2D eigenvalue weighted by molar-refractivity contribution is 9.10. The summed E-state index contributed by atoms with van der Waals surface area (Å²) in [4.78, 5) is 4.56. The molecule has 0 aliphatic heterocycles. The number of pyridine rings is 1. The Kier molecular flexibility index (Phi) is 4.95. The van der Waals surface area contributed by atoms with Gasteiger partial charge < -0.3 is 5.32 Å². The van der Waals surface area contributed by atoms with Crippen molar-refractivity contribution in [1.82, 2.24) is 10.3 Å². The lowest BCUT2D eigenvalue weighted by Gasteiger charge is -2.22. The Morgan fingerprint density at radius 3 is 2.50 bits per heavy atom. The summed E-state index contributed by atoms with van der Waals surface area (Å²) in [6.07, 6.45) is 1.85. The lowest BCUT2D eigenvalue weighted by molar-refractivity contribution is 0.609. The van der Waals surface area contributed by atoms with Crippen LogP contribution >= 0.6 is 15.9 Å². The lowest BCUT2D eigenvalue weighted by atomic mass is 9.94. The molecule has 0 aliphatic rings. The van der Waals surface area contributed by atoms with Crippen molar-refractivity contribution in [3.8, 4) is 0 Å². The van der Waals surface area contributed by atoms with Crippen LogP contribution < -0.4 is 5.32 Å². The van der Waals surface area contributed by atoms with Gasteiger partial charge in [0.05, 0.1) is 11.7 Å². The molecule has 0 saturated carbocycles. The van der Waals surface area contributed by atoms with Crippen LogP contribution in [0.3, 0.4) is 0 Å². The van der Waals surface area contributed by atoms with Crippen LogP contribution in [0.4, 0.5) is 0 Å². The maximum atomic E-state index is 4.56. The Labute approximate surface area is 129 Å². The molecule has 1 N–H and O–H groups in total. The summed E-state index contributed by atoms with van der Waals surface area (Å²) in [5.74, 6) is 0. The van der Waals surface area contributed by atoms with E-state index in [1.165, 1.54) is 22.3 Å². The second kappa shape index (κ2) is 6.51. The van der Waals surface area contributed by atoms with Crippen molar-refractivity contribution in [3.63, 3.8) is 0 Å². The Bertz CT molecular complexity index is 608. The van der Waals surface area contributed by atoms with E-state index in [2.05, 4.69) is 66.1 Å². The van der Waals surface area contributed by atoms with E-state index in [0.717, 1.165) is 16.7 Å². The molecule has 0 bridgehead atoms. The van der Waals surface area contributed by atoms with Crippen molar-refractivity contribution < 1.29 is 0 Å². The number of nitrogens with one attached hydrogen (secondary N) is 1. The fourth-order valence-corrected chi connectivity index (χ4v) is 2.95. The molecule has 0 amide bonds. The van der Waals surface area contributed by atoms with Crippen LogP contribution in [0.1, 0.15) is 40.9 Å². The van der Waals surface area contributed by atoms with Gasteiger partial charge in [0.2, 0.25) is 0 Å². The van der Waals surface area contributed by atoms with Crippen LogP contribution in [0.5, 0.6) is 0 Å². The van der Waals surface area contributed by atoms with Gasteiger partial charge in [-0.3, -0.25) is 4.98 Å². The van der Waals surface area contributed by atoms with Gasteiger partial charge in [0.15, 0.2) is 0 Å². The average Bonchev–Trinajstić information content (AvgIpc) is 2.42. The largest absolute Gasteiger partial charge is 0.305 e. The molecule has 1 aromatic carbocycles. The van der Waals surface area contributed by atoms with Crippen molar-refractivity contribution in [2.24, 2.45) is 0 Å². The predicted molar refractivity (Wildman–Crippen MR) is 88.1 cm³/mol.